The standard InChI is InChI=1S/C19H20N2O3/c1-12(15-6-8-18(23-3)19(10-15)24-4)21-17-9-14(11-20)5-7-16(17)13(2)22/h5-10,12,21H,1-4H3. The Labute approximate surface area is 141 Å². The molecule has 5 heteroatoms. The van der Waals surface area contributed by atoms with Gasteiger partial charge in [-0.1, -0.05) is 6.07 Å². The molecular weight excluding hydrogens is 304 g/mol. The molecule has 2 aromatic carbocycles. The monoisotopic (exact) mass is 324 g/mol. The largest absolute Gasteiger partial charge is 0.493 e. The van der Waals surface area contributed by atoms with Gasteiger partial charge in [-0.3, -0.25) is 4.79 Å². The molecule has 1 unspecified atom stereocenters. The molecule has 124 valence electrons. The second-order valence-electron chi connectivity index (χ2n) is 5.41. The van der Waals surface area contributed by atoms with E-state index in [0.29, 0.717) is 28.3 Å². The summed E-state index contributed by atoms with van der Waals surface area (Å²) in [5.74, 6) is 1.24. The molecule has 1 N–H and O–H groups in total. The van der Waals surface area contributed by atoms with Crippen LogP contribution >= 0.6 is 0 Å². The number of Topliss-reactive ketones (excluding diaryl/α,β-unsaturated/α-hetero) is 1. The van der Waals surface area contributed by atoms with Crippen LogP contribution in [0.5, 0.6) is 11.5 Å². The first-order valence-corrected chi connectivity index (χ1v) is 7.53. The normalized spacial score (nSPS) is 11.3. The predicted molar refractivity (Wildman–Crippen MR) is 92.7 cm³/mol. The van der Waals surface area contributed by atoms with E-state index in [4.69, 9.17) is 14.7 Å². The van der Waals surface area contributed by atoms with E-state index in [1.807, 2.05) is 25.1 Å². The number of benzene rings is 2. The third-order valence-corrected chi connectivity index (χ3v) is 3.81. The molecule has 5 nitrogen and oxygen atoms in total. The lowest BCUT2D eigenvalue weighted by Gasteiger charge is -2.19. The number of nitrogens with one attached hydrogen (secondary N) is 1. The molecule has 0 radical (unpaired) electrons. The Hall–Kier alpha value is -3.00. The van der Waals surface area contributed by atoms with Gasteiger partial charge in [0.2, 0.25) is 0 Å². The molecule has 2 aromatic rings. The van der Waals surface area contributed by atoms with Gasteiger partial charge in [-0.15, -0.1) is 0 Å². The lowest BCUT2D eigenvalue weighted by Crippen LogP contribution is -2.10. The Kier molecular flexibility index (Phi) is 5.43. The van der Waals surface area contributed by atoms with Gasteiger partial charge in [-0.05, 0) is 49.7 Å². The van der Waals surface area contributed by atoms with Gasteiger partial charge in [0.25, 0.3) is 0 Å². The minimum atomic E-state index is -0.0863. The van der Waals surface area contributed by atoms with Crippen LogP contribution in [0.25, 0.3) is 0 Å². The van der Waals surface area contributed by atoms with E-state index in [-0.39, 0.29) is 11.8 Å². The zero-order valence-corrected chi connectivity index (χ0v) is 14.2. The van der Waals surface area contributed by atoms with Gasteiger partial charge in [-0.2, -0.15) is 5.26 Å². The molecule has 0 heterocycles. The van der Waals surface area contributed by atoms with Crippen molar-refractivity contribution in [1.82, 2.24) is 0 Å². The summed E-state index contributed by atoms with van der Waals surface area (Å²) in [7, 11) is 3.18. The van der Waals surface area contributed by atoms with Crippen molar-refractivity contribution in [3.8, 4) is 17.6 Å². The van der Waals surface area contributed by atoms with Crippen molar-refractivity contribution < 1.29 is 14.3 Å². The highest BCUT2D eigenvalue weighted by atomic mass is 16.5. The first-order valence-electron chi connectivity index (χ1n) is 7.53. The smallest absolute Gasteiger partial charge is 0.161 e. The molecule has 0 saturated carbocycles. The van der Waals surface area contributed by atoms with Crippen LogP contribution in [0.4, 0.5) is 5.69 Å². The van der Waals surface area contributed by atoms with Crippen LogP contribution in [0.1, 0.15) is 41.4 Å². The molecule has 0 aromatic heterocycles. The summed E-state index contributed by atoms with van der Waals surface area (Å²) < 4.78 is 10.6. The SMILES string of the molecule is COc1ccc(C(C)Nc2cc(C#N)ccc2C(C)=O)cc1OC. The molecule has 1 atom stereocenters. The van der Waals surface area contributed by atoms with Gasteiger partial charge in [0.1, 0.15) is 0 Å². The third-order valence-electron chi connectivity index (χ3n) is 3.81. The third kappa shape index (κ3) is 3.66. The van der Waals surface area contributed by atoms with Crippen molar-refractivity contribution in [3.63, 3.8) is 0 Å². The summed E-state index contributed by atoms with van der Waals surface area (Å²) in [6, 6.07) is 12.7. The molecule has 0 aliphatic carbocycles. The Bertz CT molecular complexity index is 794. The highest BCUT2D eigenvalue weighted by molar-refractivity contribution is 5.99. The average molecular weight is 324 g/mol. The Morgan fingerprint density at radius 1 is 1.12 bits per heavy atom. The fourth-order valence-corrected chi connectivity index (χ4v) is 2.48. The second kappa shape index (κ2) is 7.51. The maximum Gasteiger partial charge on any atom is 0.161 e. The number of ether oxygens (including phenoxy) is 2. The van der Waals surface area contributed by atoms with Crippen molar-refractivity contribution in [1.29, 1.82) is 5.26 Å². The first-order chi connectivity index (χ1) is 11.5. The summed E-state index contributed by atoms with van der Waals surface area (Å²) in [4.78, 5) is 11.8. The lowest BCUT2D eigenvalue weighted by atomic mass is 10.0. The van der Waals surface area contributed by atoms with Crippen LogP contribution in [-0.2, 0) is 0 Å². The summed E-state index contributed by atoms with van der Waals surface area (Å²) >= 11 is 0. The number of ketones is 1. The van der Waals surface area contributed by atoms with E-state index in [0.717, 1.165) is 5.56 Å². The van der Waals surface area contributed by atoms with Crippen molar-refractivity contribution in [3.05, 3.63) is 53.1 Å². The Balaban J connectivity index is 2.34. The van der Waals surface area contributed by atoms with E-state index in [9.17, 15) is 4.79 Å². The van der Waals surface area contributed by atoms with Crippen LogP contribution in [-0.4, -0.2) is 20.0 Å². The van der Waals surface area contributed by atoms with E-state index >= 15 is 0 Å². The van der Waals surface area contributed by atoms with Crippen LogP contribution < -0.4 is 14.8 Å². The van der Waals surface area contributed by atoms with Crippen LogP contribution in [0, 0.1) is 11.3 Å². The van der Waals surface area contributed by atoms with Crippen LogP contribution in [0.15, 0.2) is 36.4 Å². The quantitative estimate of drug-likeness (QED) is 0.815. The fraction of sp³-hybridized carbons (Fsp3) is 0.263. The zero-order chi connectivity index (χ0) is 17.7. The number of hydrogen-bond acceptors (Lipinski definition) is 5. The summed E-state index contributed by atoms with van der Waals surface area (Å²) in [6.07, 6.45) is 0. The minimum absolute atomic E-state index is 0.0542. The van der Waals surface area contributed by atoms with Crippen molar-refractivity contribution in [2.75, 3.05) is 19.5 Å². The van der Waals surface area contributed by atoms with Gasteiger partial charge < -0.3 is 14.8 Å². The van der Waals surface area contributed by atoms with Gasteiger partial charge in [0.15, 0.2) is 17.3 Å². The number of carbonyl (C=O) groups excluding carboxylic acids is 1. The second-order valence-corrected chi connectivity index (χ2v) is 5.41. The molecule has 0 spiro atoms. The fourth-order valence-electron chi connectivity index (χ4n) is 2.48. The minimum Gasteiger partial charge on any atom is -0.493 e. The topological polar surface area (TPSA) is 71.3 Å². The maximum absolute atomic E-state index is 11.8. The molecule has 0 aliphatic heterocycles. The van der Waals surface area contributed by atoms with Gasteiger partial charge in [0.05, 0.1) is 25.9 Å². The molecule has 0 bridgehead atoms. The number of methoxy groups -OCH3 is 2. The highest BCUT2D eigenvalue weighted by Gasteiger charge is 2.14. The number of nitriles is 1. The van der Waals surface area contributed by atoms with E-state index in [2.05, 4.69) is 11.4 Å². The van der Waals surface area contributed by atoms with Crippen LogP contribution in [0.2, 0.25) is 0 Å². The van der Waals surface area contributed by atoms with Crippen molar-refractivity contribution in [2.45, 2.75) is 19.9 Å². The summed E-state index contributed by atoms with van der Waals surface area (Å²) in [5.41, 5.74) is 2.68. The predicted octanol–water partition coefficient (Wildman–Crippen LogP) is 3.95. The first kappa shape index (κ1) is 17.4. The average Bonchev–Trinajstić information content (AvgIpc) is 2.60. The Morgan fingerprint density at radius 2 is 1.83 bits per heavy atom. The van der Waals surface area contributed by atoms with E-state index in [1.165, 1.54) is 6.92 Å². The van der Waals surface area contributed by atoms with E-state index < -0.39 is 0 Å². The number of hydrogen-bond donors (Lipinski definition) is 1. The summed E-state index contributed by atoms with van der Waals surface area (Å²) in [6.45, 7) is 3.48. The molecule has 0 aliphatic rings. The zero-order valence-electron chi connectivity index (χ0n) is 14.2. The summed E-state index contributed by atoms with van der Waals surface area (Å²) in [5, 5.41) is 12.4. The maximum atomic E-state index is 11.8. The Morgan fingerprint density at radius 3 is 2.42 bits per heavy atom. The number of carbonyl (C=O) groups is 1. The van der Waals surface area contributed by atoms with Crippen LogP contribution in [0.3, 0.4) is 0 Å². The molecule has 0 fully saturated rings. The highest BCUT2D eigenvalue weighted by Crippen LogP contribution is 2.31. The van der Waals surface area contributed by atoms with Crippen molar-refractivity contribution in [2.24, 2.45) is 0 Å². The number of rotatable bonds is 6. The molecular formula is C19H20N2O3. The molecule has 0 amide bonds. The molecule has 0 saturated heterocycles. The van der Waals surface area contributed by atoms with Crippen molar-refractivity contribution >= 4 is 11.5 Å². The van der Waals surface area contributed by atoms with Gasteiger partial charge in [0, 0.05) is 17.3 Å². The number of anilines is 1. The lowest BCUT2D eigenvalue weighted by molar-refractivity contribution is 0.101. The van der Waals surface area contributed by atoms with Gasteiger partial charge >= 0.3 is 0 Å². The molecule has 24 heavy (non-hydrogen) atoms. The number of nitrogens with zero attached hydrogens (tertiary/aromatic N) is 1. The van der Waals surface area contributed by atoms with Gasteiger partial charge in [-0.25, -0.2) is 0 Å². The molecule has 2 rings (SSSR count). The van der Waals surface area contributed by atoms with E-state index in [1.54, 1.807) is 32.4 Å².